The van der Waals surface area contributed by atoms with Crippen LogP contribution in [-0.4, -0.2) is 9.97 Å². The van der Waals surface area contributed by atoms with Crippen LogP contribution in [-0.2, 0) is 0 Å². The molecule has 2 N–H and O–H groups in total. The monoisotopic (exact) mass is 241 g/mol. The van der Waals surface area contributed by atoms with E-state index in [1.807, 2.05) is 36.7 Å². The van der Waals surface area contributed by atoms with Crippen LogP contribution in [0, 0.1) is 0 Å². The maximum absolute atomic E-state index is 6.18. The van der Waals surface area contributed by atoms with Crippen molar-refractivity contribution in [3.8, 4) is 0 Å². The Morgan fingerprint density at radius 2 is 2.06 bits per heavy atom. The van der Waals surface area contributed by atoms with Gasteiger partial charge in [-0.05, 0) is 17.7 Å². The van der Waals surface area contributed by atoms with Crippen LogP contribution in [0.1, 0.15) is 16.5 Å². The van der Waals surface area contributed by atoms with E-state index in [1.165, 1.54) is 0 Å². The van der Waals surface area contributed by atoms with E-state index in [0.717, 1.165) is 21.3 Å². The minimum atomic E-state index is -0.139. The van der Waals surface area contributed by atoms with Crippen LogP contribution >= 0.6 is 11.3 Å². The zero-order valence-electron chi connectivity index (χ0n) is 9.08. The summed E-state index contributed by atoms with van der Waals surface area (Å²) in [4.78, 5) is 9.52. The highest BCUT2D eigenvalue weighted by Crippen LogP contribution is 2.24. The average molecular weight is 241 g/mol. The van der Waals surface area contributed by atoms with Crippen LogP contribution in [0.15, 0.2) is 48.2 Å². The second-order valence-electron chi connectivity index (χ2n) is 3.84. The Hall–Kier alpha value is -1.78. The van der Waals surface area contributed by atoms with Gasteiger partial charge < -0.3 is 5.73 Å². The van der Waals surface area contributed by atoms with E-state index in [1.54, 1.807) is 16.8 Å². The zero-order chi connectivity index (χ0) is 11.7. The smallest absolute Gasteiger partial charge is 0.0794 e. The van der Waals surface area contributed by atoms with Crippen molar-refractivity contribution in [3.63, 3.8) is 0 Å². The van der Waals surface area contributed by atoms with Gasteiger partial charge in [-0.15, -0.1) is 11.3 Å². The van der Waals surface area contributed by atoms with Crippen LogP contribution in [0.4, 0.5) is 0 Å². The first-order chi connectivity index (χ1) is 8.34. The maximum Gasteiger partial charge on any atom is 0.0794 e. The molecular formula is C13H11N3S. The molecule has 0 fully saturated rings. The highest BCUT2D eigenvalue weighted by molar-refractivity contribution is 7.09. The van der Waals surface area contributed by atoms with E-state index in [2.05, 4.69) is 16.0 Å². The minimum Gasteiger partial charge on any atom is -0.320 e. The third-order valence-corrected chi connectivity index (χ3v) is 3.59. The van der Waals surface area contributed by atoms with Crippen molar-refractivity contribution in [2.75, 3.05) is 0 Å². The van der Waals surface area contributed by atoms with Gasteiger partial charge >= 0.3 is 0 Å². The number of hydrogen-bond donors (Lipinski definition) is 1. The predicted octanol–water partition coefficient (Wildman–Crippen LogP) is 2.74. The lowest BCUT2D eigenvalue weighted by molar-refractivity contribution is 0.884. The summed E-state index contributed by atoms with van der Waals surface area (Å²) in [5, 5.41) is 1.12. The van der Waals surface area contributed by atoms with Gasteiger partial charge in [0.2, 0.25) is 0 Å². The molecule has 2 heterocycles. The molecule has 1 aromatic carbocycles. The van der Waals surface area contributed by atoms with Crippen molar-refractivity contribution in [1.29, 1.82) is 0 Å². The van der Waals surface area contributed by atoms with E-state index in [-0.39, 0.29) is 6.04 Å². The lowest BCUT2D eigenvalue weighted by atomic mass is 10.1. The second kappa shape index (κ2) is 4.24. The third-order valence-electron chi connectivity index (χ3n) is 2.73. The fourth-order valence-electron chi connectivity index (χ4n) is 1.80. The van der Waals surface area contributed by atoms with Gasteiger partial charge in [0.15, 0.2) is 0 Å². The largest absolute Gasteiger partial charge is 0.320 e. The van der Waals surface area contributed by atoms with Gasteiger partial charge in [0.05, 0.1) is 17.1 Å². The Kier molecular flexibility index (Phi) is 2.59. The number of aromatic nitrogens is 2. The summed E-state index contributed by atoms with van der Waals surface area (Å²) in [7, 11) is 0. The number of benzene rings is 1. The molecule has 0 saturated carbocycles. The zero-order valence-corrected chi connectivity index (χ0v) is 9.89. The molecular weight excluding hydrogens is 230 g/mol. The first-order valence-electron chi connectivity index (χ1n) is 5.33. The molecule has 0 bridgehead atoms. The van der Waals surface area contributed by atoms with Gasteiger partial charge in [0, 0.05) is 22.7 Å². The van der Waals surface area contributed by atoms with Crippen molar-refractivity contribution in [2.45, 2.75) is 6.04 Å². The van der Waals surface area contributed by atoms with Gasteiger partial charge in [-0.2, -0.15) is 0 Å². The fourth-order valence-corrected chi connectivity index (χ4v) is 2.45. The van der Waals surface area contributed by atoms with Crippen molar-refractivity contribution < 1.29 is 0 Å². The normalized spacial score (nSPS) is 12.8. The lowest BCUT2D eigenvalue weighted by Crippen LogP contribution is -2.10. The number of rotatable bonds is 2. The lowest BCUT2D eigenvalue weighted by Gasteiger charge is -2.09. The molecule has 0 aliphatic rings. The molecule has 1 unspecified atom stereocenters. The molecule has 1 atom stereocenters. The fraction of sp³-hybridized carbons (Fsp3) is 0.0769. The van der Waals surface area contributed by atoms with Crippen LogP contribution in [0.5, 0.6) is 0 Å². The van der Waals surface area contributed by atoms with E-state index >= 15 is 0 Å². The quantitative estimate of drug-likeness (QED) is 0.750. The van der Waals surface area contributed by atoms with Gasteiger partial charge in [-0.1, -0.05) is 18.2 Å². The molecule has 3 nitrogen and oxygen atoms in total. The number of nitrogens with zero attached hydrogens (tertiary/aromatic N) is 2. The number of para-hydroxylation sites is 1. The molecule has 3 aromatic rings. The number of nitrogens with two attached hydrogens (primary N) is 1. The molecule has 0 radical (unpaired) electrons. The summed E-state index contributed by atoms with van der Waals surface area (Å²) in [6, 6.07) is 9.99. The van der Waals surface area contributed by atoms with Crippen molar-refractivity contribution in [1.82, 2.24) is 9.97 Å². The molecule has 3 rings (SSSR count). The Labute approximate surface area is 103 Å². The molecule has 0 aliphatic heterocycles. The Morgan fingerprint density at radius 3 is 2.88 bits per heavy atom. The summed E-state index contributed by atoms with van der Waals surface area (Å²) in [6.45, 7) is 0. The Bertz CT molecular complexity index is 634. The van der Waals surface area contributed by atoms with Crippen LogP contribution in [0.2, 0.25) is 0 Å². The number of pyridine rings is 1. The highest BCUT2D eigenvalue weighted by atomic mass is 32.1. The molecule has 0 aliphatic carbocycles. The Morgan fingerprint density at radius 1 is 1.18 bits per heavy atom. The van der Waals surface area contributed by atoms with Crippen LogP contribution in [0.3, 0.4) is 0 Å². The summed E-state index contributed by atoms with van der Waals surface area (Å²) in [5.41, 5.74) is 9.99. The van der Waals surface area contributed by atoms with Crippen LogP contribution in [0.25, 0.3) is 10.9 Å². The first kappa shape index (κ1) is 10.4. The summed E-state index contributed by atoms with van der Waals surface area (Å²) in [5.74, 6) is 0. The predicted molar refractivity (Wildman–Crippen MR) is 69.9 cm³/mol. The summed E-state index contributed by atoms with van der Waals surface area (Å²) in [6.07, 6.45) is 3.65. The third kappa shape index (κ3) is 1.92. The van der Waals surface area contributed by atoms with Crippen molar-refractivity contribution >= 4 is 22.2 Å². The number of fused-ring (bicyclic) bond motifs is 1. The summed E-state index contributed by atoms with van der Waals surface area (Å²) < 4.78 is 0. The topological polar surface area (TPSA) is 51.8 Å². The number of thiazole rings is 1. The van der Waals surface area contributed by atoms with E-state index < -0.39 is 0 Å². The minimum absolute atomic E-state index is 0.139. The van der Waals surface area contributed by atoms with Gasteiger partial charge in [-0.25, -0.2) is 0 Å². The SMILES string of the molecule is NC(c1cnc2ccccc2c1)c1cncs1. The molecule has 2 aromatic heterocycles. The first-order valence-corrected chi connectivity index (χ1v) is 6.21. The average Bonchev–Trinajstić information content (AvgIpc) is 2.91. The molecule has 17 heavy (non-hydrogen) atoms. The molecule has 0 saturated heterocycles. The van der Waals surface area contributed by atoms with Gasteiger partial charge in [0.1, 0.15) is 0 Å². The second-order valence-corrected chi connectivity index (χ2v) is 4.76. The van der Waals surface area contributed by atoms with E-state index in [9.17, 15) is 0 Å². The van der Waals surface area contributed by atoms with Crippen molar-refractivity contribution in [2.24, 2.45) is 5.73 Å². The molecule has 84 valence electrons. The Balaban J connectivity index is 2.06. The molecule has 0 spiro atoms. The van der Waals surface area contributed by atoms with E-state index in [4.69, 9.17) is 5.73 Å². The maximum atomic E-state index is 6.18. The standard InChI is InChI=1S/C13H11N3S/c14-13(12-7-15-8-17-12)10-5-9-3-1-2-4-11(9)16-6-10/h1-8,13H,14H2. The number of hydrogen-bond acceptors (Lipinski definition) is 4. The van der Waals surface area contributed by atoms with Gasteiger partial charge in [0.25, 0.3) is 0 Å². The summed E-state index contributed by atoms with van der Waals surface area (Å²) >= 11 is 1.57. The molecule has 0 amide bonds. The molecule has 4 heteroatoms. The van der Waals surface area contributed by atoms with Gasteiger partial charge in [-0.3, -0.25) is 9.97 Å². The van der Waals surface area contributed by atoms with Crippen LogP contribution < -0.4 is 5.73 Å². The van der Waals surface area contributed by atoms with Crippen molar-refractivity contribution in [3.05, 3.63) is 58.7 Å². The highest BCUT2D eigenvalue weighted by Gasteiger charge is 2.11. The van der Waals surface area contributed by atoms with E-state index in [0.29, 0.717) is 0 Å².